The molecule has 2 aliphatic rings. The van der Waals surface area contributed by atoms with Crippen LogP contribution in [-0.2, 0) is 9.63 Å². The Balaban J connectivity index is 0.000000845. The molecule has 1 amide bonds. The Hall–Kier alpha value is -0.320. The molecule has 1 aliphatic heterocycles. The van der Waals surface area contributed by atoms with Gasteiger partial charge in [-0.25, -0.2) is 5.06 Å². The molecule has 1 saturated heterocycles. The van der Waals surface area contributed by atoms with Crippen LogP contribution in [0.4, 0.5) is 0 Å². The molecule has 4 nitrogen and oxygen atoms in total. The SMILES string of the molecule is CON(C)C(=O)C1CC12CNC2.Cl. The molecule has 0 aromatic carbocycles. The van der Waals surface area contributed by atoms with Gasteiger partial charge in [-0.2, -0.15) is 0 Å². The molecule has 2 fully saturated rings. The Bertz CT molecular complexity index is 218. The summed E-state index contributed by atoms with van der Waals surface area (Å²) in [6.45, 7) is 2.00. The monoisotopic (exact) mass is 206 g/mol. The lowest BCUT2D eigenvalue weighted by Crippen LogP contribution is -2.47. The third-order valence-corrected chi connectivity index (χ3v) is 3.03. The highest BCUT2D eigenvalue weighted by Gasteiger charge is 2.62. The van der Waals surface area contributed by atoms with Gasteiger partial charge in [0.25, 0.3) is 0 Å². The van der Waals surface area contributed by atoms with E-state index in [1.807, 2.05) is 0 Å². The lowest BCUT2D eigenvalue weighted by atomic mass is 9.96. The van der Waals surface area contributed by atoms with Gasteiger partial charge in [-0.1, -0.05) is 0 Å². The van der Waals surface area contributed by atoms with Crippen LogP contribution < -0.4 is 5.32 Å². The normalized spacial score (nSPS) is 27.4. The number of carbonyl (C=O) groups is 1. The number of amides is 1. The summed E-state index contributed by atoms with van der Waals surface area (Å²) in [5, 5.41) is 4.53. The minimum absolute atomic E-state index is 0. The summed E-state index contributed by atoms with van der Waals surface area (Å²) in [7, 11) is 3.19. The van der Waals surface area contributed by atoms with Gasteiger partial charge >= 0.3 is 0 Å². The third-order valence-electron chi connectivity index (χ3n) is 3.03. The molecule has 1 N–H and O–H groups in total. The number of rotatable bonds is 2. The molecule has 0 aromatic rings. The highest BCUT2D eigenvalue weighted by molar-refractivity contribution is 5.85. The molecule has 0 bridgehead atoms. The van der Waals surface area contributed by atoms with Gasteiger partial charge in [0.1, 0.15) is 0 Å². The van der Waals surface area contributed by atoms with E-state index in [4.69, 9.17) is 4.84 Å². The number of hydrogen-bond donors (Lipinski definition) is 1. The molecule has 0 aromatic heterocycles. The predicted molar refractivity (Wildman–Crippen MR) is 50.4 cm³/mol. The Morgan fingerprint density at radius 2 is 2.23 bits per heavy atom. The van der Waals surface area contributed by atoms with Gasteiger partial charge in [0.15, 0.2) is 0 Å². The molecule has 1 spiro atoms. The lowest BCUT2D eigenvalue weighted by molar-refractivity contribution is -0.171. The molecule has 2 rings (SSSR count). The minimum atomic E-state index is 0. The molecular formula is C8H15ClN2O2. The largest absolute Gasteiger partial charge is 0.315 e. The van der Waals surface area contributed by atoms with E-state index >= 15 is 0 Å². The minimum Gasteiger partial charge on any atom is -0.315 e. The standard InChI is InChI=1S/C8H14N2O2.ClH/c1-10(12-2)7(11)6-3-8(6)4-9-5-8;/h6,9H,3-5H2,1-2H3;1H. The van der Waals surface area contributed by atoms with Crippen LogP contribution >= 0.6 is 12.4 Å². The van der Waals surface area contributed by atoms with Crippen molar-refractivity contribution in [3.63, 3.8) is 0 Å². The van der Waals surface area contributed by atoms with Gasteiger partial charge in [-0.3, -0.25) is 9.63 Å². The maximum absolute atomic E-state index is 11.5. The van der Waals surface area contributed by atoms with Gasteiger partial charge in [-0.15, -0.1) is 12.4 Å². The number of nitrogens with one attached hydrogen (secondary N) is 1. The van der Waals surface area contributed by atoms with Crippen molar-refractivity contribution in [2.24, 2.45) is 11.3 Å². The molecule has 1 heterocycles. The first-order valence-electron chi connectivity index (χ1n) is 4.22. The summed E-state index contributed by atoms with van der Waals surface area (Å²) in [6, 6.07) is 0. The average Bonchev–Trinajstić information content (AvgIpc) is 2.75. The number of halogens is 1. The van der Waals surface area contributed by atoms with Gasteiger partial charge in [-0.05, 0) is 6.42 Å². The summed E-state index contributed by atoms with van der Waals surface area (Å²) < 4.78 is 0. The van der Waals surface area contributed by atoms with Crippen LogP contribution in [0, 0.1) is 11.3 Å². The van der Waals surface area contributed by atoms with Crippen molar-refractivity contribution in [1.82, 2.24) is 10.4 Å². The fourth-order valence-corrected chi connectivity index (χ4v) is 1.84. The zero-order valence-corrected chi connectivity index (χ0v) is 8.69. The maximum atomic E-state index is 11.5. The van der Waals surface area contributed by atoms with Gasteiger partial charge in [0.2, 0.25) is 5.91 Å². The van der Waals surface area contributed by atoms with Crippen molar-refractivity contribution in [3.05, 3.63) is 0 Å². The first-order chi connectivity index (χ1) is 5.69. The molecule has 1 unspecified atom stereocenters. The van der Waals surface area contributed by atoms with Gasteiger partial charge in [0.05, 0.1) is 7.11 Å². The molecule has 1 saturated carbocycles. The van der Waals surface area contributed by atoms with E-state index in [0.29, 0.717) is 5.41 Å². The average molecular weight is 207 g/mol. The van der Waals surface area contributed by atoms with Crippen LogP contribution in [0.1, 0.15) is 6.42 Å². The second-order valence-corrected chi connectivity index (χ2v) is 3.74. The molecule has 5 heteroatoms. The zero-order valence-electron chi connectivity index (χ0n) is 7.87. The zero-order chi connectivity index (χ0) is 8.77. The smallest absolute Gasteiger partial charge is 0.249 e. The van der Waals surface area contributed by atoms with Gasteiger partial charge < -0.3 is 5.32 Å². The second-order valence-electron chi connectivity index (χ2n) is 3.74. The van der Waals surface area contributed by atoms with Crippen molar-refractivity contribution in [1.29, 1.82) is 0 Å². The second kappa shape index (κ2) is 3.44. The van der Waals surface area contributed by atoms with E-state index in [2.05, 4.69) is 5.32 Å². The van der Waals surface area contributed by atoms with E-state index in [1.54, 1.807) is 7.05 Å². The number of nitrogens with zero attached hydrogens (tertiary/aromatic N) is 1. The van der Waals surface area contributed by atoms with Crippen molar-refractivity contribution in [2.45, 2.75) is 6.42 Å². The van der Waals surface area contributed by atoms with E-state index in [1.165, 1.54) is 12.2 Å². The summed E-state index contributed by atoms with van der Waals surface area (Å²) in [5.41, 5.74) is 0.309. The van der Waals surface area contributed by atoms with Gasteiger partial charge in [0, 0.05) is 31.5 Å². The maximum Gasteiger partial charge on any atom is 0.249 e. The molecule has 13 heavy (non-hydrogen) atoms. The topological polar surface area (TPSA) is 41.6 Å². The van der Waals surface area contributed by atoms with Crippen LogP contribution in [0.15, 0.2) is 0 Å². The molecule has 76 valence electrons. The Kier molecular flexibility index (Phi) is 2.85. The fraction of sp³-hybridized carbons (Fsp3) is 0.875. The molecular weight excluding hydrogens is 192 g/mol. The number of hydrogen-bond acceptors (Lipinski definition) is 3. The van der Waals surface area contributed by atoms with Crippen molar-refractivity contribution < 1.29 is 9.63 Å². The van der Waals surface area contributed by atoms with E-state index in [0.717, 1.165) is 19.5 Å². The Morgan fingerprint density at radius 1 is 1.62 bits per heavy atom. The Morgan fingerprint density at radius 3 is 2.54 bits per heavy atom. The van der Waals surface area contributed by atoms with Crippen LogP contribution in [0.2, 0.25) is 0 Å². The van der Waals surface area contributed by atoms with Crippen LogP contribution in [0.3, 0.4) is 0 Å². The van der Waals surface area contributed by atoms with Crippen molar-refractivity contribution in [2.75, 3.05) is 27.2 Å². The molecule has 1 atom stereocenters. The first kappa shape index (κ1) is 10.8. The Labute approximate surface area is 84.0 Å². The highest BCUT2D eigenvalue weighted by atomic mass is 35.5. The van der Waals surface area contributed by atoms with Crippen LogP contribution in [-0.4, -0.2) is 38.2 Å². The summed E-state index contributed by atoms with van der Waals surface area (Å²) in [5.74, 6) is 0.336. The number of hydroxylamine groups is 2. The molecule has 1 aliphatic carbocycles. The van der Waals surface area contributed by atoms with Crippen LogP contribution in [0.5, 0.6) is 0 Å². The van der Waals surface area contributed by atoms with Crippen molar-refractivity contribution in [3.8, 4) is 0 Å². The summed E-state index contributed by atoms with van der Waals surface area (Å²) in [4.78, 5) is 16.4. The predicted octanol–water partition coefficient (Wildman–Crippen LogP) is 0.0375. The fourth-order valence-electron chi connectivity index (χ4n) is 1.84. The molecule has 0 radical (unpaired) electrons. The van der Waals surface area contributed by atoms with E-state index in [9.17, 15) is 4.79 Å². The summed E-state index contributed by atoms with van der Waals surface area (Å²) >= 11 is 0. The quantitative estimate of drug-likeness (QED) is 0.649. The summed E-state index contributed by atoms with van der Waals surface area (Å²) in [6.07, 6.45) is 1.03. The highest BCUT2D eigenvalue weighted by Crippen LogP contribution is 2.55. The van der Waals surface area contributed by atoms with E-state index in [-0.39, 0.29) is 24.2 Å². The number of carbonyl (C=O) groups excluding carboxylic acids is 1. The van der Waals surface area contributed by atoms with E-state index < -0.39 is 0 Å². The van der Waals surface area contributed by atoms with Crippen LogP contribution in [0.25, 0.3) is 0 Å². The lowest BCUT2D eigenvalue weighted by Gasteiger charge is -2.28. The van der Waals surface area contributed by atoms with Crippen molar-refractivity contribution >= 4 is 18.3 Å². The third kappa shape index (κ3) is 1.54. The first-order valence-corrected chi connectivity index (χ1v) is 4.22.